The highest BCUT2D eigenvalue weighted by molar-refractivity contribution is 5.94. The summed E-state index contributed by atoms with van der Waals surface area (Å²) in [5.41, 5.74) is 0.440. The van der Waals surface area contributed by atoms with Crippen molar-refractivity contribution in [3.05, 3.63) is 54.1 Å². The molecule has 1 aliphatic rings. The van der Waals surface area contributed by atoms with Gasteiger partial charge in [0.15, 0.2) is 0 Å². The van der Waals surface area contributed by atoms with Crippen LogP contribution in [0.2, 0.25) is 0 Å². The predicted molar refractivity (Wildman–Crippen MR) is 94.8 cm³/mol. The quantitative estimate of drug-likeness (QED) is 0.725. The first-order valence-corrected chi connectivity index (χ1v) is 8.80. The minimum atomic E-state index is -4.42. The molecule has 0 saturated carbocycles. The number of rotatable bonds is 2. The molecule has 1 fully saturated rings. The topological polar surface area (TPSA) is 71.2 Å². The Morgan fingerprint density at radius 2 is 2.04 bits per heavy atom. The lowest BCUT2D eigenvalue weighted by atomic mass is 10.0. The number of likely N-dealkylation sites (tertiary alicyclic amines) is 1. The van der Waals surface area contributed by atoms with Crippen molar-refractivity contribution < 1.29 is 23.1 Å². The molecule has 4 rings (SSSR count). The van der Waals surface area contributed by atoms with Gasteiger partial charge in [0, 0.05) is 19.3 Å². The number of aromatic hydroxyl groups is 1. The van der Waals surface area contributed by atoms with E-state index in [0.717, 1.165) is 25.0 Å². The molecule has 6 nitrogen and oxygen atoms in total. The Kier molecular flexibility index (Phi) is 4.44. The fourth-order valence-corrected chi connectivity index (χ4v) is 3.59. The standard InChI is InChI=1S/C19H17F3N4O2/c20-19(21,22)13-3-4-17-16(7-13)24-11-26(17)14-2-1-5-25(10-14)18(28)12-6-15(27)9-23-8-12/h3-4,6-9,11,14,27H,1-2,5,10H2/t14-/m0/s1. The second-order valence-electron chi connectivity index (χ2n) is 6.83. The number of aromatic nitrogens is 3. The number of pyridine rings is 1. The van der Waals surface area contributed by atoms with Gasteiger partial charge in [-0.25, -0.2) is 4.98 Å². The summed E-state index contributed by atoms with van der Waals surface area (Å²) in [4.78, 5) is 22.3. The van der Waals surface area contributed by atoms with Crippen LogP contribution in [-0.2, 0) is 6.18 Å². The van der Waals surface area contributed by atoms with Crippen molar-refractivity contribution in [1.29, 1.82) is 0 Å². The summed E-state index contributed by atoms with van der Waals surface area (Å²) in [6.07, 6.45) is 1.30. The van der Waals surface area contributed by atoms with Gasteiger partial charge in [-0.3, -0.25) is 9.78 Å². The lowest BCUT2D eigenvalue weighted by Crippen LogP contribution is -2.40. The number of benzene rings is 1. The number of hydrogen-bond acceptors (Lipinski definition) is 4. The molecule has 0 radical (unpaired) electrons. The molecule has 9 heteroatoms. The van der Waals surface area contributed by atoms with Crippen molar-refractivity contribution in [2.45, 2.75) is 25.1 Å². The number of amides is 1. The fourth-order valence-electron chi connectivity index (χ4n) is 3.59. The van der Waals surface area contributed by atoms with Crippen molar-refractivity contribution in [3.63, 3.8) is 0 Å². The Labute approximate surface area is 158 Å². The molecule has 0 bridgehead atoms. The van der Waals surface area contributed by atoms with Gasteiger partial charge in [-0.2, -0.15) is 13.2 Å². The molecular formula is C19H17F3N4O2. The lowest BCUT2D eigenvalue weighted by molar-refractivity contribution is -0.137. The van der Waals surface area contributed by atoms with Gasteiger partial charge in [0.1, 0.15) is 5.75 Å². The minimum absolute atomic E-state index is 0.0829. The summed E-state index contributed by atoms with van der Waals surface area (Å²) in [7, 11) is 0. The molecule has 1 aliphatic heterocycles. The van der Waals surface area contributed by atoms with Crippen LogP contribution in [0.4, 0.5) is 13.2 Å². The van der Waals surface area contributed by atoms with Crippen molar-refractivity contribution in [1.82, 2.24) is 19.4 Å². The maximum atomic E-state index is 12.9. The highest BCUT2D eigenvalue weighted by Gasteiger charge is 2.31. The summed E-state index contributed by atoms with van der Waals surface area (Å²) in [5, 5.41) is 9.53. The molecule has 3 heterocycles. The fraction of sp³-hybridized carbons (Fsp3) is 0.316. The molecule has 1 N–H and O–H groups in total. The van der Waals surface area contributed by atoms with E-state index in [0.29, 0.717) is 24.2 Å². The molecular weight excluding hydrogens is 373 g/mol. The molecule has 1 aromatic carbocycles. The molecule has 146 valence electrons. The molecule has 3 aromatic rings. The first kappa shape index (κ1) is 18.3. The van der Waals surface area contributed by atoms with Crippen molar-refractivity contribution in [3.8, 4) is 5.75 Å². The van der Waals surface area contributed by atoms with Crippen LogP contribution in [0.15, 0.2) is 43.0 Å². The molecule has 1 amide bonds. The molecule has 1 atom stereocenters. The molecule has 0 spiro atoms. The minimum Gasteiger partial charge on any atom is -0.506 e. The van der Waals surface area contributed by atoms with Gasteiger partial charge in [0.2, 0.25) is 0 Å². The Morgan fingerprint density at radius 3 is 2.79 bits per heavy atom. The van der Waals surface area contributed by atoms with Crippen LogP contribution in [0.1, 0.15) is 34.8 Å². The predicted octanol–water partition coefficient (Wildman–Crippen LogP) is 3.63. The Morgan fingerprint density at radius 1 is 1.21 bits per heavy atom. The second-order valence-corrected chi connectivity index (χ2v) is 6.83. The third-order valence-electron chi connectivity index (χ3n) is 4.95. The Bertz CT molecular complexity index is 1030. The maximum Gasteiger partial charge on any atom is 0.416 e. The van der Waals surface area contributed by atoms with Gasteiger partial charge in [-0.05, 0) is 37.1 Å². The van der Waals surface area contributed by atoms with E-state index in [2.05, 4.69) is 9.97 Å². The highest BCUT2D eigenvalue weighted by atomic mass is 19.4. The zero-order valence-electron chi connectivity index (χ0n) is 14.7. The van der Waals surface area contributed by atoms with E-state index in [1.165, 1.54) is 30.9 Å². The normalized spacial score (nSPS) is 17.8. The number of nitrogens with zero attached hydrogens (tertiary/aromatic N) is 4. The average Bonchev–Trinajstić information content (AvgIpc) is 3.10. The van der Waals surface area contributed by atoms with Crippen molar-refractivity contribution in [2.75, 3.05) is 13.1 Å². The maximum absolute atomic E-state index is 12.9. The van der Waals surface area contributed by atoms with Crippen LogP contribution in [-0.4, -0.2) is 43.5 Å². The largest absolute Gasteiger partial charge is 0.506 e. The summed E-state index contributed by atoms with van der Waals surface area (Å²) < 4.78 is 40.5. The zero-order chi connectivity index (χ0) is 19.9. The summed E-state index contributed by atoms with van der Waals surface area (Å²) in [5.74, 6) is -0.322. The molecule has 0 aliphatic carbocycles. The van der Waals surface area contributed by atoms with Crippen LogP contribution >= 0.6 is 0 Å². The van der Waals surface area contributed by atoms with E-state index >= 15 is 0 Å². The molecule has 2 aromatic heterocycles. The van der Waals surface area contributed by atoms with Crippen LogP contribution in [0.5, 0.6) is 5.75 Å². The Balaban J connectivity index is 1.59. The first-order chi connectivity index (χ1) is 13.3. The van der Waals surface area contributed by atoms with Gasteiger partial charge in [-0.1, -0.05) is 0 Å². The number of piperidine rings is 1. The number of imidazole rings is 1. The first-order valence-electron chi connectivity index (χ1n) is 8.80. The summed E-state index contributed by atoms with van der Waals surface area (Å²) >= 11 is 0. The van der Waals surface area contributed by atoms with Crippen molar-refractivity contribution >= 4 is 16.9 Å². The number of halogens is 3. The smallest absolute Gasteiger partial charge is 0.416 e. The van der Waals surface area contributed by atoms with Gasteiger partial charge in [0.05, 0.1) is 40.7 Å². The lowest BCUT2D eigenvalue weighted by Gasteiger charge is -2.33. The van der Waals surface area contributed by atoms with E-state index in [9.17, 15) is 23.1 Å². The monoisotopic (exact) mass is 390 g/mol. The molecule has 0 unspecified atom stereocenters. The summed E-state index contributed by atoms with van der Waals surface area (Å²) in [6.45, 7) is 0.969. The van der Waals surface area contributed by atoms with Gasteiger partial charge < -0.3 is 14.6 Å². The van der Waals surface area contributed by atoms with Crippen molar-refractivity contribution in [2.24, 2.45) is 0 Å². The number of alkyl halides is 3. The Hall–Kier alpha value is -3.10. The average molecular weight is 390 g/mol. The third kappa shape index (κ3) is 3.39. The molecule has 28 heavy (non-hydrogen) atoms. The van der Waals surface area contributed by atoms with E-state index < -0.39 is 11.7 Å². The van der Waals surface area contributed by atoms with Crippen LogP contribution < -0.4 is 0 Å². The zero-order valence-corrected chi connectivity index (χ0v) is 14.7. The van der Waals surface area contributed by atoms with Gasteiger partial charge in [0.25, 0.3) is 5.91 Å². The number of carbonyl (C=O) groups excluding carboxylic acids is 1. The van der Waals surface area contributed by atoms with Crippen LogP contribution in [0.25, 0.3) is 11.0 Å². The van der Waals surface area contributed by atoms with Gasteiger partial charge in [-0.15, -0.1) is 0 Å². The van der Waals surface area contributed by atoms with E-state index in [4.69, 9.17) is 0 Å². The number of fused-ring (bicyclic) bond motifs is 1. The van der Waals surface area contributed by atoms with Gasteiger partial charge >= 0.3 is 6.18 Å². The SMILES string of the molecule is O=C(c1cncc(O)c1)N1CCC[C@H](n2cnc3cc(C(F)(F)F)ccc32)C1. The van der Waals surface area contributed by atoms with Crippen LogP contribution in [0.3, 0.4) is 0 Å². The second kappa shape index (κ2) is 6.81. The van der Waals surface area contributed by atoms with E-state index in [1.54, 1.807) is 4.90 Å². The van der Waals surface area contributed by atoms with E-state index in [-0.39, 0.29) is 23.2 Å². The number of carbonyl (C=O) groups is 1. The third-order valence-corrected chi connectivity index (χ3v) is 4.95. The highest BCUT2D eigenvalue weighted by Crippen LogP contribution is 2.33. The van der Waals surface area contributed by atoms with Crippen LogP contribution in [0, 0.1) is 0 Å². The molecule has 1 saturated heterocycles. The summed E-state index contributed by atoms with van der Waals surface area (Å²) in [6, 6.07) is 4.78. The van der Waals surface area contributed by atoms with E-state index in [1.807, 2.05) is 4.57 Å². The number of hydrogen-bond donors (Lipinski definition) is 1.